The Morgan fingerprint density at radius 2 is 0.696 bits per heavy atom. The van der Waals surface area contributed by atoms with Crippen molar-refractivity contribution in [2.75, 3.05) is 26.4 Å². The van der Waals surface area contributed by atoms with Crippen molar-refractivity contribution in [3.8, 4) is 0 Å². The van der Waals surface area contributed by atoms with Gasteiger partial charge in [-0.15, -0.1) is 0 Å². The Bertz CT molecular complexity index is 1610. The first kappa shape index (κ1) is 75.9. The summed E-state index contributed by atoms with van der Waals surface area (Å²) < 4.78 is 33.1. The fourth-order valence-corrected chi connectivity index (χ4v) is 9.95. The number of phosphoric ester groups is 1. The van der Waals surface area contributed by atoms with E-state index < -0.39 is 32.5 Å². The van der Waals surface area contributed by atoms with E-state index in [4.69, 9.17) is 24.3 Å². The van der Waals surface area contributed by atoms with Crippen molar-refractivity contribution in [2.24, 2.45) is 5.73 Å². The van der Waals surface area contributed by atoms with Gasteiger partial charge in [0, 0.05) is 19.4 Å². The minimum atomic E-state index is -4.41. The average molecular weight is 1120 g/mol. The molecule has 0 fully saturated rings. The van der Waals surface area contributed by atoms with E-state index in [0.29, 0.717) is 6.42 Å². The number of ether oxygens (including phenoxy) is 2. The molecule has 0 spiro atoms. The Labute approximate surface area is 486 Å². The van der Waals surface area contributed by atoms with Crippen LogP contribution in [0.5, 0.6) is 0 Å². The summed E-state index contributed by atoms with van der Waals surface area (Å²) in [6, 6.07) is 0. The van der Waals surface area contributed by atoms with Crippen molar-refractivity contribution in [1.82, 2.24) is 0 Å². The quantitative estimate of drug-likeness (QED) is 0.0264. The molecule has 0 saturated carbocycles. The van der Waals surface area contributed by atoms with Gasteiger partial charge in [0.15, 0.2) is 6.10 Å². The smallest absolute Gasteiger partial charge is 0.462 e. The number of carbonyl (C=O) groups excluding carboxylic acids is 2. The third-order valence-corrected chi connectivity index (χ3v) is 15.0. The molecule has 10 heteroatoms. The topological polar surface area (TPSA) is 134 Å². The Balaban J connectivity index is 3.97. The van der Waals surface area contributed by atoms with Crippen LogP contribution in [0.25, 0.3) is 0 Å². The molecule has 0 aliphatic heterocycles. The van der Waals surface area contributed by atoms with E-state index >= 15 is 0 Å². The molecule has 0 saturated heterocycles. The molecule has 0 aromatic rings. The van der Waals surface area contributed by atoms with E-state index in [-0.39, 0.29) is 32.6 Å². The zero-order valence-corrected chi connectivity index (χ0v) is 52.0. The van der Waals surface area contributed by atoms with E-state index in [1.165, 1.54) is 180 Å². The third-order valence-electron chi connectivity index (χ3n) is 14.0. The molecule has 2 atom stereocenters. The van der Waals surface area contributed by atoms with Crippen molar-refractivity contribution in [3.63, 3.8) is 0 Å². The lowest BCUT2D eigenvalue weighted by molar-refractivity contribution is -0.161. The lowest BCUT2D eigenvalue weighted by Gasteiger charge is -2.19. The maximum absolute atomic E-state index is 12.7. The van der Waals surface area contributed by atoms with Gasteiger partial charge >= 0.3 is 19.8 Å². The molecule has 2 unspecified atom stereocenters. The van der Waals surface area contributed by atoms with Gasteiger partial charge in [0.1, 0.15) is 6.61 Å². The summed E-state index contributed by atoms with van der Waals surface area (Å²) in [7, 11) is -4.41. The van der Waals surface area contributed by atoms with Crippen LogP contribution in [0, 0.1) is 0 Å². The van der Waals surface area contributed by atoms with Crippen LogP contribution in [0.3, 0.4) is 0 Å². The van der Waals surface area contributed by atoms with Gasteiger partial charge in [-0.05, 0) is 77.0 Å². The number of phosphoric acid groups is 1. The highest BCUT2D eigenvalue weighted by atomic mass is 31.2. The number of hydrogen-bond donors (Lipinski definition) is 2. The standard InChI is InChI=1S/C69H122NO8P/c1-3-5-7-9-11-13-15-17-19-21-23-25-27-29-31-32-33-34-36-37-39-41-43-45-47-49-51-53-55-57-59-61-68(71)75-65-67(66-77-79(73,74)76-64-63-70)78-69(72)62-60-58-56-54-52-50-48-46-44-42-40-38-35-30-28-26-24-22-20-18-16-14-12-10-8-6-4-2/h6,8,12,14,18,20,24,26,30,35,40,42,46,48,52,54,67H,3-5,7,9-11,13,15-17,19,21-23,25,27-29,31-34,36-39,41,43-45,47,49-51,53,55-66,70H2,1-2H3,(H,73,74)/b8-6-,14-12-,20-18-,26-24-,35-30-,42-40-,48-46-,54-52-. The highest BCUT2D eigenvalue weighted by Crippen LogP contribution is 2.43. The van der Waals surface area contributed by atoms with Crippen LogP contribution in [0.2, 0.25) is 0 Å². The molecule has 3 N–H and O–H groups in total. The Hall–Kier alpha value is -3.07. The van der Waals surface area contributed by atoms with Crippen molar-refractivity contribution in [3.05, 3.63) is 97.2 Å². The molecule has 0 aromatic heterocycles. The lowest BCUT2D eigenvalue weighted by atomic mass is 10.0. The summed E-state index contributed by atoms with van der Waals surface area (Å²) >= 11 is 0. The highest BCUT2D eigenvalue weighted by molar-refractivity contribution is 7.47. The molecule has 9 nitrogen and oxygen atoms in total. The van der Waals surface area contributed by atoms with Gasteiger partial charge in [0.25, 0.3) is 0 Å². The Morgan fingerprint density at radius 3 is 1.04 bits per heavy atom. The van der Waals surface area contributed by atoms with Crippen molar-refractivity contribution < 1.29 is 37.6 Å². The van der Waals surface area contributed by atoms with Crippen molar-refractivity contribution >= 4 is 19.8 Å². The molecule has 79 heavy (non-hydrogen) atoms. The van der Waals surface area contributed by atoms with Crippen LogP contribution in [0.15, 0.2) is 97.2 Å². The monoisotopic (exact) mass is 1120 g/mol. The van der Waals surface area contributed by atoms with Crippen molar-refractivity contribution in [1.29, 1.82) is 0 Å². The predicted octanol–water partition coefficient (Wildman–Crippen LogP) is 21.2. The van der Waals surface area contributed by atoms with Crippen LogP contribution in [0.4, 0.5) is 0 Å². The largest absolute Gasteiger partial charge is 0.472 e. The summed E-state index contributed by atoms with van der Waals surface area (Å²) in [5.74, 6) is -0.874. The number of hydrogen-bond acceptors (Lipinski definition) is 8. The van der Waals surface area contributed by atoms with Crippen LogP contribution in [-0.2, 0) is 32.7 Å². The third kappa shape index (κ3) is 64.0. The fourth-order valence-electron chi connectivity index (χ4n) is 9.18. The zero-order chi connectivity index (χ0) is 57.3. The molecule has 0 aromatic carbocycles. The first-order chi connectivity index (χ1) is 38.8. The van der Waals surface area contributed by atoms with Gasteiger partial charge in [0.05, 0.1) is 13.2 Å². The second-order valence-corrected chi connectivity index (χ2v) is 23.1. The first-order valence-electron chi connectivity index (χ1n) is 32.7. The van der Waals surface area contributed by atoms with Gasteiger partial charge in [-0.25, -0.2) is 4.57 Å². The second kappa shape index (κ2) is 64.1. The highest BCUT2D eigenvalue weighted by Gasteiger charge is 2.26. The molecule has 0 amide bonds. The molecular formula is C69H122NO8P. The molecule has 0 heterocycles. The fraction of sp³-hybridized carbons (Fsp3) is 0.739. The summed E-state index contributed by atoms with van der Waals surface area (Å²) in [5.41, 5.74) is 5.39. The Morgan fingerprint density at radius 1 is 0.392 bits per heavy atom. The van der Waals surface area contributed by atoms with Crippen LogP contribution >= 0.6 is 7.82 Å². The van der Waals surface area contributed by atoms with Crippen LogP contribution < -0.4 is 5.73 Å². The number of unbranched alkanes of at least 4 members (excludes halogenated alkanes) is 32. The van der Waals surface area contributed by atoms with Gasteiger partial charge < -0.3 is 20.1 Å². The minimum Gasteiger partial charge on any atom is -0.462 e. The zero-order valence-electron chi connectivity index (χ0n) is 51.1. The van der Waals surface area contributed by atoms with Crippen LogP contribution in [0.1, 0.15) is 296 Å². The summed E-state index contributed by atoms with van der Waals surface area (Å²) in [4.78, 5) is 35.3. The molecule has 0 aliphatic rings. The number of rotatable bonds is 61. The first-order valence-corrected chi connectivity index (χ1v) is 34.2. The SMILES string of the molecule is CC/C=C\C/C=C\C/C=C\C/C=C\C/C=C\C/C=C\C/C=C\C/C=C\CCCCC(=O)OC(COC(=O)CCCCCCCCCCCCCCCCCCCCCCCCCCCCCCCCC)COP(=O)(O)OCCN. The maximum atomic E-state index is 12.7. The molecule has 0 rings (SSSR count). The number of esters is 2. The van der Waals surface area contributed by atoms with Crippen LogP contribution in [-0.4, -0.2) is 49.3 Å². The number of nitrogens with two attached hydrogens (primary N) is 1. The molecular weight excluding hydrogens is 1000 g/mol. The second-order valence-electron chi connectivity index (χ2n) is 21.6. The van der Waals surface area contributed by atoms with Gasteiger partial charge in [0.2, 0.25) is 0 Å². The summed E-state index contributed by atoms with van der Waals surface area (Å²) in [6.45, 7) is 3.61. The molecule has 456 valence electrons. The molecule has 0 radical (unpaired) electrons. The average Bonchev–Trinajstić information content (AvgIpc) is 3.44. The molecule has 0 aliphatic carbocycles. The normalized spacial score (nSPS) is 13.6. The van der Waals surface area contributed by atoms with Gasteiger partial charge in [-0.3, -0.25) is 18.6 Å². The predicted molar refractivity (Wildman–Crippen MR) is 339 cm³/mol. The lowest BCUT2D eigenvalue weighted by Crippen LogP contribution is -2.29. The minimum absolute atomic E-state index is 0.0423. The molecule has 0 bridgehead atoms. The van der Waals surface area contributed by atoms with E-state index in [2.05, 4.69) is 111 Å². The van der Waals surface area contributed by atoms with E-state index in [9.17, 15) is 19.0 Å². The number of carbonyl (C=O) groups is 2. The summed E-state index contributed by atoms with van der Waals surface area (Å²) in [6.07, 6.45) is 86.4. The van der Waals surface area contributed by atoms with Crippen molar-refractivity contribution in [2.45, 2.75) is 302 Å². The van der Waals surface area contributed by atoms with E-state index in [1.54, 1.807) is 0 Å². The van der Waals surface area contributed by atoms with Gasteiger partial charge in [-0.2, -0.15) is 0 Å². The summed E-state index contributed by atoms with van der Waals surface area (Å²) in [5, 5.41) is 0. The maximum Gasteiger partial charge on any atom is 0.472 e. The van der Waals surface area contributed by atoms with E-state index in [0.717, 1.165) is 83.5 Å². The Kier molecular flexibility index (Phi) is 61.6. The number of allylic oxidation sites excluding steroid dienone is 16. The van der Waals surface area contributed by atoms with Gasteiger partial charge in [-0.1, -0.05) is 304 Å². The van der Waals surface area contributed by atoms with E-state index in [1.807, 2.05) is 0 Å².